The molecule has 2 rings (SSSR count). The van der Waals surface area contributed by atoms with Crippen LogP contribution in [0.5, 0.6) is 0 Å². The van der Waals surface area contributed by atoms with Crippen molar-refractivity contribution in [2.24, 2.45) is 5.92 Å². The summed E-state index contributed by atoms with van der Waals surface area (Å²) in [6, 6.07) is 0.601. The molecule has 1 N–H and O–H groups in total. The van der Waals surface area contributed by atoms with Gasteiger partial charge in [-0.3, -0.25) is 0 Å². The highest BCUT2D eigenvalue weighted by molar-refractivity contribution is 5.46. The predicted octanol–water partition coefficient (Wildman–Crippen LogP) is 1.99. The standard InChI is InChI=1S/C14H26N6/c1-6-15-12-16-13(19(4)5)18-14(17-12)20(9-10(2)3)11-7-8-11/h10-11H,6-9H2,1-5H3,(H,15,16,17,18). The van der Waals surface area contributed by atoms with Gasteiger partial charge in [-0.05, 0) is 25.7 Å². The lowest BCUT2D eigenvalue weighted by Gasteiger charge is -2.25. The van der Waals surface area contributed by atoms with Crippen LogP contribution in [0.25, 0.3) is 0 Å². The molecule has 1 aromatic rings. The van der Waals surface area contributed by atoms with Gasteiger partial charge in [0.15, 0.2) is 0 Å². The Labute approximate surface area is 121 Å². The molecule has 20 heavy (non-hydrogen) atoms. The van der Waals surface area contributed by atoms with Gasteiger partial charge in [0.1, 0.15) is 0 Å². The lowest BCUT2D eigenvalue weighted by Crippen LogP contribution is -2.32. The van der Waals surface area contributed by atoms with Gasteiger partial charge >= 0.3 is 0 Å². The number of nitrogens with zero attached hydrogens (tertiary/aromatic N) is 5. The van der Waals surface area contributed by atoms with Crippen LogP contribution in [0.15, 0.2) is 0 Å². The first-order valence-corrected chi connectivity index (χ1v) is 7.45. The Morgan fingerprint density at radius 1 is 1.15 bits per heavy atom. The largest absolute Gasteiger partial charge is 0.354 e. The lowest BCUT2D eigenvalue weighted by atomic mass is 10.2. The third-order valence-corrected chi connectivity index (χ3v) is 3.15. The Morgan fingerprint density at radius 3 is 2.30 bits per heavy atom. The summed E-state index contributed by atoms with van der Waals surface area (Å²) < 4.78 is 0. The summed E-state index contributed by atoms with van der Waals surface area (Å²) in [7, 11) is 3.91. The molecule has 0 saturated heterocycles. The maximum atomic E-state index is 4.62. The van der Waals surface area contributed by atoms with E-state index >= 15 is 0 Å². The van der Waals surface area contributed by atoms with Crippen LogP contribution in [0.3, 0.4) is 0 Å². The summed E-state index contributed by atoms with van der Waals surface area (Å²) in [5, 5.41) is 3.20. The van der Waals surface area contributed by atoms with Gasteiger partial charge in [0.2, 0.25) is 17.8 Å². The molecule has 0 radical (unpaired) electrons. The van der Waals surface area contributed by atoms with Gasteiger partial charge in [-0.15, -0.1) is 0 Å². The van der Waals surface area contributed by atoms with E-state index in [9.17, 15) is 0 Å². The number of nitrogens with one attached hydrogen (secondary N) is 1. The first-order chi connectivity index (χ1) is 9.51. The topological polar surface area (TPSA) is 57.2 Å². The molecule has 1 aliphatic carbocycles. The Balaban J connectivity index is 2.31. The zero-order valence-corrected chi connectivity index (χ0v) is 13.2. The Bertz CT molecular complexity index is 441. The molecule has 1 saturated carbocycles. The normalized spacial score (nSPS) is 14.5. The van der Waals surface area contributed by atoms with E-state index in [-0.39, 0.29) is 0 Å². The van der Waals surface area contributed by atoms with Crippen LogP contribution in [-0.4, -0.2) is 48.2 Å². The average molecular weight is 278 g/mol. The summed E-state index contributed by atoms with van der Waals surface area (Å²) in [5.74, 6) is 2.77. The van der Waals surface area contributed by atoms with Crippen LogP contribution in [0.1, 0.15) is 33.6 Å². The monoisotopic (exact) mass is 278 g/mol. The van der Waals surface area contributed by atoms with Gasteiger partial charge in [0, 0.05) is 33.2 Å². The highest BCUT2D eigenvalue weighted by Gasteiger charge is 2.31. The molecule has 0 aromatic carbocycles. The van der Waals surface area contributed by atoms with Crippen molar-refractivity contribution in [3.8, 4) is 0 Å². The molecular formula is C14H26N6. The Kier molecular flexibility index (Phi) is 4.62. The molecule has 0 aliphatic heterocycles. The first-order valence-electron chi connectivity index (χ1n) is 7.45. The van der Waals surface area contributed by atoms with Gasteiger partial charge in [0.25, 0.3) is 0 Å². The van der Waals surface area contributed by atoms with E-state index in [4.69, 9.17) is 0 Å². The minimum absolute atomic E-state index is 0.595. The zero-order chi connectivity index (χ0) is 14.7. The highest BCUT2D eigenvalue weighted by Crippen LogP contribution is 2.31. The Hall–Kier alpha value is -1.59. The molecule has 1 aromatic heterocycles. The molecule has 112 valence electrons. The molecule has 1 aliphatic rings. The van der Waals surface area contributed by atoms with Crippen molar-refractivity contribution in [3.63, 3.8) is 0 Å². The number of hydrogen-bond acceptors (Lipinski definition) is 6. The minimum atomic E-state index is 0.595. The molecule has 0 bridgehead atoms. The molecule has 0 amide bonds. The van der Waals surface area contributed by atoms with Crippen LogP contribution in [0, 0.1) is 5.92 Å². The molecule has 0 atom stereocenters. The molecule has 0 spiro atoms. The molecular weight excluding hydrogens is 252 g/mol. The maximum Gasteiger partial charge on any atom is 0.232 e. The molecule has 1 heterocycles. The van der Waals surface area contributed by atoms with E-state index in [0.29, 0.717) is 23.9 Å². The van der Waals surface area contributed by atoms with Crippen LogP contribution in [-0.2, 0) is 0 Å². The van der Waals surface area contributed by atoms with Crippen molar-refractivity contribution in [2.75, 3.05) is 42.3 Å². The minimum Gasteiger partial charge on any atom is -0.354 e. The summed E-state index contributed by atoms with van der Waals surface area (Å²) in [6.07, 6.45) is 2.48. The second-order valence-electron chi connectivity index (χ2n) is 5.96. The second-order valence-corrected chi connectivity index (χ2v) is 5.96. The van der Waals surface area contributed by atoms with E-state index in [1.165, 1.54) is 12.8 Å². The zero-order valence-electron chi connectivity index (χ0n) is 13.2. The number of rotatable bonds is 7. The quantitative estimate of drug-likeness (QED) is 0.823. The summed E-state index contributed by atoms with van der Waals surface area (Å²) in [5.41, 5.74) is 0. The predicted molar refractivity (Wildman–Crippen MR) is 83.5 cm³/mol. The van der Waals surface area contributed by atoms with E-state index in [1.54, 1.807) is 0 Å². The smallest absolute Gasteiger partial charge is 0.232 e. The molecule has 6 heteroatoms. The van der Waals surface area contributed by atoms with E-state index in [1.807, 2.05) is 25.9 Å². The van der Waals surface area contributed by atoms with Gasteiger partial charge in [-0.1, -0.05) is 13.8 Å². The van der Waals surface area contributed by atoms with Crippen LogP contribution in [0.2, 0.25) is 0 Å². The molecule has 6 nitrogen and oxygen atoms in total. The third kappa shape index (κ3) is 3.71. The number of aromatic nitrogens is 3. The molecule has 0 unspecified atom stereocenters. The summed E-state index contributed by atoms with van der Waals surface area (Å²) in [4.78, 5) is 17.9. The number of hydrogen-bond donors (Lipinski definition) is 1. The van der Waals surface area contributed by atoms with E-state index < -0.39 is 0 Å². The van der Waals surface area contributed by atoms with E-state index in [2.05, 4.69) is 39.0 Å². The fourth-order valence-corrected chi connectivity index (χ4v) is 2.09. The Morgan fingerprint density at radius 2 is 1.80 bits per heavy atom. The average Bonchev–Trinajstić information content (AvgIpc) is 3.20. The van der Waals surface area contributed by atoms with Gasteiger partial charge < -0.3 is 15.1 Å². The fourth-order valence-electron chi connectivity index (χ4n) is 2.09. The first kappa shape index (κ1) is 14.8. The van der Waals surface area contributed by atoms with Crippen LogP contribution < -0.4 is 15.1 Å². The van der Waals surface area contributed by atoms with Crippen molar-refractivity contribution in [2.45, 2.75) is 39.7 Å². The number of anilines is 3. The van der Waals surface area contributed by atoms with Crippen molar-refractivity contribution in [1.29, 1.82) is 0 Å². The third-order valence-electron chi connectivity index (χ3n) is 3.15. The SMILES string of the molecule is CCNc1nc(N(C)C)nc(N(CC(C)C)C2CC2)n1. The molecule has 1 fully saturated rings. The maximum absolute atomic E-state index is 4.62. The van der Waals surface area contributed by atoms with Crippen molar-refractivity contribution in [3.05, 3.63) is 0 Å². The lowest BCUT2D eigenvalue weighted by molar-refractivity contribution is 0.596. The van der Waals surface area contributed by atoms with Crippen LogP contribution in [0.4, 0.5) is 17.8 Å². The highest BCUT2D eigenvalue weighted by atomic mass is 15.4. The van der Waals surface area contributed by atoms with Crippen LogP contribution >= 0.6 is 0 Å². The van der Waals surface area contributed by atoms with Crippen molar-refractivity contribution in [1.82, 2.24) is 15.0 Å². The van der Waals surface area contributed by atoms with Crippen molar-refractivity contribution >= 4 is 17.8 Å². The summed E-state index contributed by atoms with van der Waals surface area (Å²) >= 11 is 0. The fraction of sp³-hybridized carbons (Fsp3) is 0.786. The van der Waals surface area contributed by atoms with Gasteiger partial charge in [-0.25, -0.2) is 0 Å². The van der Waals surface area contributed by atoms with Gasteiger partial charge in [0.05, 0.1) is 0 Å². The second kappa shape index (κ2) is 6.24. The van der Waals surface area contributed by atoms with Crippen molar-refractivity contribution < 1.29 is 0 Å². The van der Waals surface area contributed by atoms with Gasteiger partial charge in [-0.2, -0.15) is 15.0 Å². The van der Waals surface area contributed by atoms with E-state index in [0.717, 1.165) is 19.0 Å². The summed E-state index contributed by atoms with van der Waals surface area (Å²) in [6.45, 7) is 8.31.